The Balaban J connectivity index is 1.83. The summed E-state index contributed by atoms with van der Waals surface area (Å²) in [5.41, 5.74) is 0.321. The zero-order valence-electron chi connectivity index (χ0n) is 13.3. The summed E-state index contributed by atoms with van der Waals surface area (Å²) in [6, 6.07) is 10.5. The first-order chi connectivity index (χ1) is 12.7. The molecule has 2 aromatic carbocycles. The van der Waals surface area contributed by atoms with Crippen molar-refractivity contribution < 1.29 is 22.3 Å². The fourth-order valence-corrected chi connectivity index (χ4v) is 4.10. The first-order valence-electron chi connectivity index (χ1n) is 7.28. The van der Waals surface area contributed by atoms with Crippen LogP contribution in [0, 0.1) is 10.1 Å². The number of non-ortho nitro benzene ring substituents is 1. The minimum Gasteiger partial charge on any atom is -0.379 e. The monoisotopic (exact) mass is 422 g/mol. The van der Waals surface area contributed by atoms with Crippen molar-refractivity contribution in [2.24, 2.45) is 0 Å². The van der Waals surface area contributed by atoms with Crippen LogP contribution in [0.15, 0.2) is 58.3 Å². The van der Waals surface area contributed by atoms with Crippen LogP contribution in [0.1, 0.15) is 5.56 Å². The zero-order valence-corrected chi connectivity index (χ0v) is 15.8. The van der Waals surface area contributed by atoms with Gasteiger partial charge in [-0.3, -0.25) is 14.9 Å². The van der Waals surface area contributed by atoms with Crippen LogP contribution in [0.25, 0.3) is 6.08 Å². The number of nitrogens with zero attached hydrogens (tertiary/aromatic N) is 1. The van der Waals surface area contributed by atoms with Gasteiger partial charge in [-0.2, -0.15) is 8.42 Å². The van der Waals surface area contributed by atoms with Crippen molar-refractivity contribution in [2.75, 3.05) is 0 Å². The summed E-state index contributed by atoms with van der Waals surface area (Å²) >= 11 is 6.02. The van der Waals surface area contributed by atoms with E-state index in [0.717, 1.165) is 36.0 Å². The van der Waals surface area contributed by atoms with Crippen LogP contribution in [-0.4, -0.2) is 23.6 Å². The van der Waals surface area contributed by atoms with Gasteiger partial charge in [0.2, 0.25) is 0 Å². The summed E-state index contributed by atoms with van der Waals surface area (Å²) < 4.78 is 30.1. The van der Waals surface area contributed by atoms with Crippen LogP contribution in [-0.2, 0) is 14.9 Å². The molecule has 1 aliphatic heterocycles. The summed E-state index contributed by atoms with van der Waals surface area (Å²) in [7, 11) is -4.17. The van der Waals surface area contributed by atoms with Gasteiger partial charge in [-0.15, -0.1) is 0 Å². The maximum atomic E-state index is 12.3. The Morgan fingerprint density at radius 2 is 1.89 bits per heavy atom. The molecule has 0 spiro atoms. The van der Waals surface area contributed by atoms with Crippen LogP contribution in [0.2, 0.25) is 0 Å². The molecule has 1 saturated heterocycles. The van der Waals surface area contributed by atoms with E-state index in [-0.39, 0.29) is 22.2 Å². The number of rotatable bonds is 5. The number of thiocarbonyl (C=S) groups is 1. The minimum atomic E-state index is -4.17. The summed E-state index contributed by atoms with van der Waals surface area (Å²) in [6.45, 7) is 0. The molecule has 27 heavy (non-hydrogen) atoms. The molecule has 1 fully saturated rings. The molecular weight excluding hydrogens is 412 g/mol. The van der Waals surface area contributed by atoms with Crippen LogP contribution >= 0.6 is 24.0 Å². The average Bonchev–Trinajstić information content (AvgIpc) is 2.92. The van der Waals surface area contributed by atoms with Crippen molar-refractivity contribution in [3.05, 3.63) is 69.1 Å². The van der Waals surface area contributed by atoms with Gasteiger partial charge in [0.15, 0.2) is 0 Å². The number of thioether (sulfide) groups is 1. The van der Waals surface area contributed by atoms with Gasteiger partial charge in [0.05, 0.1) is 9.83 Å². The van der Waals surface area contributed by atoms with E-state index in [1.54, 1.807) is 18.2 Å². The van der Waals surface area contributed by atoms with E-state index in [9.17, 15) is 23.3 Å². The number of amides is 1. The third kappa shape index (κ3) is 4.51. The first kappa shape index (κ1) is 19.0. The highest BCUT2D eigenvalue weighted by atomic mass is 32.2. The summed E-state index contributed by atoms with van der Waals surface area (Å²) in [4.78, 5) is 21.9. The molecule has 0 radical (unpaired) electrons. The number of carbonyl (C=O) groups is 1. The SMILES string of the molecule is O=C1NC(=S)S/C1=C/c1cccc(OS(=O)(=O)c2ccc([N+](=O)[O-])cc2)c1. The Hall–Kier alpha value is -2.76. The molecule has 0 aromatic heterocycles. The molecule has 0 unspecified atom stereocenters. The number of nitro benzene ring substituents is 1. The molecule has 3 rings (SSSR count). The molecule has 0 atom stereocenters. The highest BCUT2D eigenvalue weighted by molar-refractivity contribution is 8.26. The molecular formula is C16H10N2O6S3. The van der Waals surface area contributed by atoms with Crippen LogP contribution in [0.5, 0.6) is 5.75 Å². The molecule has 8 nitrogen and oxygen atoms in total. The van der Waals surface area contributed by atoms with Gasteiger partial charge < -0.3 is 9.50 Å². The molecule has 1 aliphatic rings. The quantitative estimate of drug-likeness (QED) is 0.257. The van der Waals surface area contributed by atoms with E-state index in [0.29, 0.717) is 14.8 Å². The molecule has 1 heterocycles. The van der Waals surface area contributed by atoms with E-state index >= 15 is 0 Å². The lowest BCUT2D eigenvalue weighted by atomic mass is 10.2. The molecule has 2 aromatic rings. The van der Waals surface area contributed by atoms with Crippen LogP contribution in [0.4, 0.5) is 5.69 Å². The number of benzene rings is 2. The standard InChI is InChI=1S/C16H10N2O6S3/c19-15-14(26-16(25)17-15)9-10-2-1-3-12(8-10)24-27(22,23)13-6-4-11(5-7-13)18(20)21/h1-9H,(H,17,19,25)/b14-9+. The van der Waals surface area contributed by atoms with E-state index < -0.39 is 15.0 Å². The predicted molar refractivity (Wildman–Crippen MR) is 104 cm³/mol. The molecule has 1 N–H and O–H groups in total. The summed E-state index contributed by atoms with van der Waals surface area (Å²) in [6.07, 6.45) is 1.56. The molecule has 0 saturated carbocycles. The van der Waals surface area contributed by atoms with Gasteiger partial charge in [0.25, 0.3) is 11.6 Å². The van der Waals surface area contributed by atoms with E-state index in [1.165, 1.54) is 12.1 Å². The maximum Gasteiger partial charge on any atom is 0.339 e. The normalized spacial score (nSPS) is 15.6. The second kappa shape index (κ2) is 7.47. The van der Waals surface area contributed by atoms with E-state index in [2.05, 4.69) is 5.32 Å². The molecule has 11 heteroatoms. The lowest BCUT2D eigenvalue weighted by Crippen LogP contribution is -2.17. The molecule has 1 amide bonds. The zero-order chi connectivity index (χ0) is 19.6. The largest absolute Gasteiger partial charge is 0.379 e. The lowest BCUT2D eigenvalue weighted by molar-refractivity contribution is -0.384. The van der Waals surface area contributed by atoms with E-state index in [1.807, 2.05) is 0 Å². The Morgan fingerprint density at radius 1 is 1.19 bits per heavy atom. The summed E-state index contributed by atoms with van der Waals surface area (Å²) in [5, 5.41) is 13.1. The third-order valence-corrected chi connectivity index (χ3v) is 5.76. The van der Waals surface area contributed by atoms with Gasteiger partial charge >= 0.3 is 10.1 Å². The van der Waals surface area contributed by atoms with Crippen molar-refractivity contribution in [2.45, 2.75) is 4.90 Å². The third-order valence-electron chi connectivity index (χ3n) is 3.34. The summed E-state index contributed by atoms with van der Waals surface area (Å²) in [5.74, 6) is -0.288. The van der Waals surface area contributed by atoms with Gasteiger partial charge in [0, 0.05) is 12.1 Å². The van der Waals surface area contributed by atoms with Crippen molar-refractivity contribution in [3.8, 4) is 5.75 Å². The Bertz CT molecular complexity index is 1080. The van der Waals surface area contributed by atoms with Gasteiger partial charge in [-0.05, 0) is 35.9 Å². The Labute approximate surface area is 163 Å². The average molecular weight is 422 g/mol. The van der Waals surface area contributed by atoms with Crippen molar-refractivity contribution in [1.29, 1.82) is 0 Å². The highest BCUT2D eigenvalue weighted by Gasteiger charge is 2.22. The van der Waals surface area contributed by atoms with E-state index in [4.69, 9.17) is 16.4 Å². The lowest BCUT2D eigenvalue weighted by Gasteiger charge is -2.07. The number of carbonyl (C=O) groups excluding carboxylic acids is 1. The first-order valence-corrected chi connectivity index (χ1v) is 9.92. The maximum absolute atomic E-state index is 12.3. The van der Waals surface area contributed by atoms with Crippen molar-refractivity contribution in [1.82, 2.24) is 5.32 Å². The topological polar surface area (TPSA) is 116 Å². The number of hydrogen-bond acceptors (Lipinski definition) is 8. The predicted octanol–water partition coefficient (Wildman–Crippen LogP) is 2.85. The van der Waals surface area contributed by atoms with Crippen molar-refractivity contribution >= 4 is 56.1 Å². The highest BCUT2D eigenvalue weighted by Crippen LogP contribution is 2.27. The Kier molecular flexibility index (Phi) is 5.26. The minimum absolute atomic E-state index is 0.0358. The van der Waals surface area contributed by atoms with Crippen LogP contribution in [0.3, 0.4) is 0 Å². The van der Waals surface area contributed by atoms with Gasteiger partial charge in [-0.1, -0.05) is 36.1 Å². The van der Waals surface area contributed by atoms with Crippen molar-refractivity contribution in [3.63, 3.8) is 0 Å². The fraction of sp³-hybridized carbons (Fsp3) is 0. The fourth-order valence-electron chi connectivity index (χ4n) is 2.14. The smallest absolute Gasteiger partial charge is 0.339 e. The Morgan fingerprint density at radius 3 is 2.48 bits per heavy atom. The second-order valence-electron chi connectivity index (χ2n) is 5.21. The molecule has 138 valence electrons. The second-order valence-corrected chi connectivity index (χ2v) is 8.48. The number of hydrogen-bond donors (Lipinski definition) is 1. The molecule has 0 bridgehead atoms. The van der Waals surface area contributed by atoms with Gasteiger partial charge in [-0.25, -0.2) is 0 Å². The van der Waals surface area contributed by atoms with Gasteiger partial charge in [0.1, 0.15) is 15.0 Å². The number of nitrogens with one attached hydrogen (secondary N) is 1. The molecule has 0 aliphatic carbocycles. The number of nitro groups is 1. The van der Waals surface area contributed by atoms with Crippen LogP contribution < -0.4 is 9.50 Å².